The number of carboxylic acid groups (broad SMARTS) is 2. The summed E-state index contributed by atoms with van der Waals surface area (Å²) in [6.07, 6.45) is 0.198. The molecule has 0 radical (unpaired) electrons. The monoisotopic (exact) mass is 1630 g/mol. The van der Waals surface area contributed by atoms with Gasteiger partial charge in [-0.1, -0.05) is 42.1 Å². The van der Waals surface area contributed by atoms with Crippen LogP contribution >= 0.6 is 25.3 Å². The molecule has 5 rings (SSSR count). The van der Waals surface area contributed by atoms with E-state index >= 15 is 4.79 Å². The molecule has 45 heteroatoms. The van der Waals surface area contributed by atoms with Crippen molar-refractivity contribution in [3.63, 3.8) is 0 Å². The van der Waals surface area contributed by atoms with Gasteiger partial charge in [0, 0.05) is 92.7 Å². The average Bonchev–Trinajstić information content (AvgIpc) is 1.68. The van der Waals surface area contributed by atoms with Crippen LogP contribution in [-0.4, -0.2) is 257 Å². The SMILES string of the molecule is C=C(O)[C@H](NC(=O)[C@H](Cc1cn(CCC[C@H](NC(=O)[C@H](CCC(N)=O)NC(=O)[C@H](Cc2c[nH]c3ccccc23)NC(=O)[C@H](CCCNC(N)=O)NC(=O)[C@H](CS)NC(=O)[C@H](CCCNC(N)=O)NC(=O)[C@@H]2CCCN2C=O)C(=O)N[C@H](Cc2ccc(O)cc2)C(=O)O)nn1)NC(=O)[C@H](CS)NC(=O)CN)C(=O)N[C@H](C)CC(=O)O. The molecule has 622 valence electrons. The van der Waals surface area contributed by atoms with Gasteiger partial charge in [-0.05, 0) is 94.0 Å². The number of aryl methyl sites for hydroxylation is 1. The number of carboxylic acids is 2. The number of primary amides is 3. The number of aliphatic hydroxyl groups is 1. The molecule has 17 amide bonds. The first kappa shape index (κ1) is 92.3. The second kappa shape index (κ2) is 46.5. The Balaban J connectivity index is 1.47. The van der Waals surface area contributed by atoms with E-state index in [9.17, 15) is 97.1 Å². The number of nitrogens with two attached hydrogens (primary N) is 4. The fourth-order valence-corrected chi connectivity index (χ4v) is 12.3. The van der Waals surface area contributed by atoms with Gasteiger partial charge in [0.25, 0.3) is 5.91 Å². The lowest BCUT2D eigenvalue weighted by Gasteiger charge is -2.28. The van der Waals surface area contributed by atoms with E-state index in [-0.39, 0.29) is 101 Å². The maximum atomic E-state index is 15.1. The van der Waals surface area contributed by atoms with Gasteiger partial charge in [0.2, 0.25) is 71.4 Å². The number of carbonyl (C=O) groups excluding carboxylic acids is 15. The molecule has 43 nitrogen and oxygen atoms in total. The van der Waals surface area contributed by atoms with Crippen LogP contribution in [0.2, 0.25) is 0 Å². The number of thiol groups is 2. The van der Waals surface area contributed by atoms with Crippen LogP contribution in [0.15, 0.2) is 73.3 Å². The van der Waals surface area contributed by atoms with E-state index in [1.807, 2.05) is 0 Å². The number of carbonyl (C=O) groups is 17. The second-order valence-corrected chi connectivity index (χ2v) is 27.3. The highest BCUT2D eigenvalue weighted by Crippen LogP contribution is 2.21. The largest absolute Gasteiger partial charge is 0.510 e. The number of aliphatic carboxylic acids is 2. The summed E-state index contributed by atoms with van der Waals surface area (Å²) in [6, 6.07) is -8.06. The number of aromatic amines is 1. The van der Waals surface area contributed by atoms with Crippen molar-refractivity contribution in [3.05, 3.63) is 90.1 Å². The van der Waals surface area contributed by atoms with Gasteiger partial charge in [0.15, 0.2) is 6.04 Å². The lowest BCUT2D eigenvalue weighted by atomic mass is 10.0. The fraction of sp³-hybridized carbons (Fsp3) is 0.493. The molecular formula is C69H98N22O21S2. The quantitative estimate of drug-likeness (QED) is 0.00847. The highest BCUT2D eigenvalue weighted by atomic mass is 32.1. The van der Waals surface area contributed by atoms with Crippen molar-refractivity contribution in [3.8, 4) is 5.75 Å². The van der Waals surface area contributed by atoms with Crippen molar-refractivity contribution in [2.24, 2.45) is 22.9 Å². The number of aromatic nitrogens is 4. The number of rotatable bonds is 50. The normalized spacial score (nSPS) is 15.2. The highest BCUT2D eigenvalue weighted by molar-refractivity contribution is 7.80. The van der Waals surface area contributed by atoms with Gasteiger partial charge >= 0.3 is 24.0 Å². The van der Waals surface area contributed by atoms with E-state index in [1.54, 1.807) is 24.3 Å². The molecule has 1 aliphatic rings. The predicted molar refractivity (Wildman–Crippen MR) is 410 cm³/mol. The third kappa shape index (κ3) is 30.8. The number of fused-ring (bicyclic) bond motifs is 1. The van der Waals surface area contributed by atoms with Crippen molar-refractivity contribution >= 4 is 137 Å². The minimum Gasteiger partial charge on any atom is -0.510 e. The van der Waals surface area contributed by atoms with Gasteiger partial charge in [-0.15, -0.1) is 5.10 Å². The van der Waals surface area contributed by atoms with E-state index < -0.39 is 211 Å². The molecule has 0 saturated carbocycles. The number of aliphatic hydroxyl groups excluding tert-OH is 1. The molecule has 3 heterocycles. The number of hydrogen-bond donors (Lipinski definition) is 24. The summed E-state index contributed by atoms with van der Waals surface area (Å²) in [4.78, 5) is 231. The summed E-state index contributed by atoms with van der Waals surface area (Å²) in [5.74, 6) is -16.6. The zero-order valence-electron chi connectivity index (χ0n) is 62.1. The van der Waals surface area contributed by atoms with Gasteiger partial charge in [-0.25, -0.2) is 14.4 Å². The molecule has 2 aromatic carbocycles. The molecule has 0 spiro atoms. The molecule has 2 aromatic heterocycles. The smallest absolute Gasteiger partial charge is 0.326 e. The zero-order chi connectivity index (χ0) is 84.3. The third-order valence-electron chi connectivity index (χ3n) is 17.7. The maximum Gasteiger partial charge on any atom is 0.326 e. The van der Waals surface area contributed by atoms with Crippen LogP contribution in [-0.2, 0) is 97.7 Å². The Bertz CT molecular complexity index is 4090. The fourth-order valence-electron chi connectivity index (χ4n) is 11.8. The number of phenols is 1. The molecular weight excluding hydrogens is 1540 g/mol. The van der Waals surface area contributed by atoms with E-state index in [2.05, 4.69) is 116 Å². The number of benzene rings is 2. The van der Waals surface area contributed by atoms with E-state index in [0.29, 0.717) is 34.9 Å². The van der Waals surface area contributed by atoms with Gasteiger partial charge < -0.3 is 122 Å². The summed E-state index contributed by atoms with van der Waals surface area (Å²) >= 11 is 8.42. The highest BCUT2D eigenvalue weighted by Gasteiger charge is 2.38. The predicted octanol–water partition coefficient (Wildman–Crippen LogP) is -6.14. The first-order chi connectivity index (χ1) is 54.1. The number of amides is 17. The van der Waals surface area contributed by atoms with Crippen LogP contribution in [0.4, 0.5) is 9.59 Å². The number of likely N-dealkylation sites (tertiary alicyclic amines) is 1. The van der Waals surface area contributed by atoms with Crippen molar-refractivity contribution in [2.75, 3.05) is 37.7 Å². The Morgan fingerprint density at radius 1 is 0.605 bits per heavy atom. The average molecular weight is 1640 g/mol. The summed E-state index contributed by atoms with van der Waals surface area (Å²) in [5, 5.41) is 80.6. The molecule has 0 aliphatic carbocycles. The number of nitrogens with zero attached hydrogens (tertiary/aromatic N) is 4. The lowest BCUT2D eigenvalue weighted by molar-refractivity contribution is -0.142. The van der Waals surface area contributed by atoms with Crippen LogP contribution in [0.5, 0.6) is 5.75 Å². The zero-order valence-corrected chi connectivity index (χ0v) is 63.8. The Morgan fingerprint density at radius 2 is 1.11 bits per heavy atom. The first-order valence-corrected chi connectivity index (χ1v) is 37.3. The molecule has 1 aliphatic heterocycles. The molecule has 26 N–H and O–H groups in total. The molecule has 0 unspecified atom stereocenters. The number of urea groups is 2. The molecule has 1 fully saturated rings. The van der Waals surface area contributed by atoms with Crippen LogP contribution in [0.1, 0.15) is 94.4 Å². The van der Waals surface area contributed by atoms with Gasteiger partial charge in [0.1, 0.15) is 71.9 Å². The molecule has 4 aromatic rings. The molecule has 1 saturated heterocycles. The number of para-hydroxylation sites is 1. The van der Waals surface area contributed by atoms with Crippen LogP contribution < -0.4 is 92.1 Å². The summed E-state index contributed by atoms with van der Waals surface area (Å²) in [6.45, 7) is 4.04. The minimum absolute atomic E-state index is 0.0274. The standard InChI is InChI=1S/C69H98N22O21S2/c1-35(25-55(97)98)77-66(108)56(36(2)93)87-62(104)48(84-63(105)50(32-113)78-54(96)29-70)28-39-31-91(89-88-39)24-7-13-45(58(100)85-49(67(109)110)26-37-15-17-40(94)18-16-37)79-60(102)46(19-20-53(71)95)81-61(103)47(27-38-30-76-42-10-4-3-9-41(38)42)83-57(99)43(11-5-21-74-68(72)111)80-64(106)51(33-114)86-59(101)44(12-6-22-75-69(73)112)82-65(107)52-14-8-23-90(52)34-92/h3-4,9-10,15-18,30-31,34-35,43-52,56,76,93-94,113-114H,2,5-8,11-14,19-29,32-33,70H2,1H3,(H2,71,95)(H,77,108)(H,78,96)(H,79,102)(H,80,106)(H,81,103)(H,82,107)(H,83,99)(H,84,105)(H,85,100)(H,86,101)(H,87,104)(H,97,98)(H,109,110)(H3,72,74,111)(H3,73,75,112)/t35-,43+,44+,45+,46+,47+,48+,49-,50+,51+,52+,56+/m1/s1. The van der Waals surface area contributed by atoms with Crippen molar-refractivity contribution in [2.45, 2.75) is 176 Å². The Labute approximate surface area is 662 Å². The number of hydrogen-bond acceptors (Lipinski definition) is 24. The van der Waals surface area contributed by atoms with E-state index in [1.165, 1.54) is 53.2 Å². The topological polar surface area (TPSA) is 681 Å². The number of aromatic hydroxyl groups is 1. The Morgan fingerprint density at radius 3 is 1.64 bits per heavy atom. The molecule has 12 atom stereocenters. The first-order valence-electron chi connectivity index (χ1n) is 36.0. The number of H-pyrrole nitrogens is 1. The summed E-state index contributed by atoms with van der Waals surface area (Å²) < 4.78 is 1.20. The summed E-state index contributed by atoms with van der Waals surface area (Å²) in [7, 11) is 0. The maximum absolute atomic E-state index is 15.1. The van der Waals surface area contributed by atoms with Crippen LogP contribution in [0, 0.1) is 0 Å². The minimum atomic E-state index is -1.91. The van der Waals surface area contributed by atoms with E-state index in [0.717, 1.165) is 0 Å². The van der Waals surface area contributed by atoms with Gasteiger partial charge in [-0.2, -0.15) is 25.3 Å². The van der Waals surface area contributed by atoms with Crippen LogP contribution in [0.25, 0.3) is 10.9 Å². The Kier molecular flexibility index (Phi) is 37.7. The van der Waals surface area contributed by atoms with Gasteiger partial charge in [0.05, 0.1) is 18.7 Å². The molecule has 0 bridgehead atoms. The van der Waals surface area contributed by atoms with Crippen molar-refractivity contribution in [1.82, 2.24) is 94.0 Å². The van der Waals surface area contributed by atoms with Crippen molar-refractivity contribution in [1.29, 1.82) is 0 Å². The van der Waals surface area contributed by atoms with Gasteiger partial charge in [-0.3, -0.25) is 71.8 Å². The lowest BCUT2D eigenvalue weighted by Crippen LogP contribution is -2.60. The molecule has 114 heavy (non-hydrogen) atoms. The Hall–Kier alpha value is -12.3. The summed E-state index contributed by atoms with van der Waals surface area (Å²) in [5.41, 5.74) is 22.9. The number of nitrogens with one attached hydrogen (secondary N) is 14. The van der Waals surface area contributed by atoms with E-state index in [4.69, 9.17) is 22.9 Å². The second-order valence-electron chi connectivity index (χ2n) is 26.6. The van der Waals surface area contributed by atoms with Crippen molar-refractivity contribution < 1.29 is 102 Å². The van der Waals surface area contributed by atoms with Crippen LogP contribution in [0.3, 0.4) is 0 Å². The third-order valence-corrected chi connectivity index (χ3v) is 18.4. The number of phenolic OH excluding ortho intramolecular Hbond substituents is 1.